The molecule has 0 spiro atoms. The van der Waals surface area contributed by atoms with Crippen LogP contribution in [-0.2, 0) is 4.79 Å². The first kappa shape index (κ1) is 21.4. The van der Waals surface area contributed by atoms with Crippen molar-refractivity contribution >= 4 is 34.1 Å². The van der Waals surface area contributed by atoms with E-state index >= 15 is 0 Å². The maximum atomic E-state index is 12.0. The third kappa shape index (κ3) is 4.54. The maximum absolute atomic E-state index is 12.0. The van der Waals surface area contributed by atoms with Crippen LogP contribution in [0.2, 0.25) is 0 Å². The van der Waals surface area contributed by atoms with E-state index in [1.165, 1.54) is 17.3 Å². The van der Waals surface area contributed by atoms with Gasteiger partial charge >= 0.3 is 0 Å². The smallest absolute Gasteiger partial charge is 0.245 e. The molecule has 2 aromatic carbocycles. The van der Waals surface area contributed by atoms with Crippen LogP contribution in [-0.4, -0.2) is 72.0 Å². The number of anilines is 3. The minimum Gasteiger partial charge on any atom is -0.369 e. The first-order chi connectivity index (χ1) is 16.1. The fourth-order valence-corrected chi connectivity index (χ4v) is 4.76. The van der Waals surface area contributed by atoms with Crippen LogP contribution in [0, 0.1) is 0 Å². The number of hydrogen-bond acceptors (Lipinski definition) is 6. The van der Waals surface area contributed by atoms with Crippen LogP contribution >= 0.6 is 0 Å². The summed E-state index contributed by atoms with van der Waals surface area (Å²) in [5.74, 6) is 0.845. The summed E-state index contributed by atoms with van der Waals surface area (Å²) in [5, 5.41) is 4.37. The number of rotatable bonds is 5. The zero-order chi connectivity index (χ0) is 22.8. The molecule has 7 nitrogen and oxygen atoms in total. The van der Waals surface area contributed by atoms with E-state index in [4.69, 9.17) is 4.98 Å². The molecule has 3 heterocycles. The van der Waals surface area contributed by atoms with Gasteiger partial charge in [-0.1, -0.05) is 24.8 Å². The van der Waals surface area contributed by atoms with Crippen molar-refractivity contribution in [3.8, 4) is 0 Å². The van der Waals surface area contributed by atoms with E-state index in [0.29, 0.717) is 12.5 Å². The number of benzene rings is 2. The molecule has 0 aliphatic carbocycles. The average molecular weight is 443 g/mol. The number of nitrogens with one attached hydrogen (secondary N) is 1. The van der Waals surface area contributed by atoms with Gasteiger partial charge in [-0.05, 0) is 49.4 Å². The Hall–Kier alpha value is -3.45. The zero-order valence-electron chi connectivity index (χ0n) is 19.1. The van der Waals surface area contributed by atoms with Crippen molar-refractivity contribution in [1.29, 1.82) is 0 Å². The molecule has 1 N–H and O–H groups in total. The molecular weight excluding hydrogens is 412 g/mol. The molecule has 1 atom stereocenters. The highest BCUT2D eigenvalue weighted by Crippen LogP contribution is 2.32. The molecule has 0 bridgehead atoms. The Morgan fingerprint density at radius 3 is 2.64 bits per heavy atom. The third-order valence-corrected chi connectivity index (χ3v) is 6.75. The normalized spacial score (nSPS) is 19.1. The van der Waals surface area contributed by atoms with Gasteiger partial charge in [0.2, 0.25) is 11.9 Å². The number of piperazine rings is 1. The SMILES string of the molecule is C=CC(=O)N1CC[C@H](c2cccc3cnc(Nc4ccc(N5CCN(C)CC5)cc4)nc23)C1. The number of aromatic nitrogens is 2. The summed E-state index contributed by atoms with van der Waals surface area (Å²) in [6.45, 7) is 9.35. The van der Waals surface area contributed by atoms with Crippen molar-refractivity contribution in [3.05, 3.63) is 66.9 Å². The van der Waals surface area contributed by atoms with Crippen LogP contribution in [0.5, 0.6) is 0 Å². The molecule has 2 aliphatic rings. The zero-order valence-corrected chi connectivity index (χ0v) is 19.1. The van der Waals surface area contributed by atoms with Gasteiger partial charge in [-0.15, -0.1) is 0 Å². The number of carbonyl (C=O) groups is 1. The van der Waals surface area contributed by atoms with Crippen molar-refractivity contribution in [3.63, 3.8) is 0 Å². The van der Waals surface area contributed by atoms with Gasteiger partial charge in [0, 0.05) is 68.1 Å². The van der Waals surface area contributed by atoms with Crippen LogP contribution in [0.15, 0.2) is 61.3 Å². The van der Waals surface area contributed by atoms with E-state index in [0.717, 1.165) is 55.7 Å². The van der Waals surface area contributed by atoms with Crippen molar-refractivity contribution in [2.75, 3.05) is 56.5 Å². The highest BCUT2D eigenvalue weighted by atomic mass is 16.2. The molecule has 2 fully saturated rings. The highest BCUT2D eigenvalue weighted by Gasteiger charge is 2.27. The van der Waals surface area contributed by atoms with Gasteiger partial charge in [0.15, 0.2) is 0 Å². The van der Waals surface area contributed by atoms with Crippen LogP contribution in [0.25, 0.3) is 10.9 Å². The first-order valence-electron chi connectivity index (χ1n) is 11.6. The topological polar surface area (TPSA) is 64.6 Å². The molecule has 1 aromatic heterocycles. The molecule has 2 saturated heterocycles. The quantitative estimate of drug-likeness (QED) is 0.609. The Morgan fingerprint density at radius 2 is 1.88 bits per heavy atom. The highest BCUT2D eigenvalue weighted by molar-refractivity contribution is 5.87. The summed E-state index contributed by atoms with van der Waals surface area (Å²) in [6, 6.07) is 14.7. The molecule has 2 aliphatic heterocycles. The van der Waals surface area contributed by atoms with E-state index < -0.39 is 0 Å². The van der Waals surface area contributed by atoms with E-state index in [9.17, 15) is 4.79 Å². The Kier molecular flexibility index (Phi) is 5.96. The first-order valence-corrected chi connectivity index (χ1v) is 11.6. The molecule has 0 saturated carbocycles. The molecule has 33 heavy (non-hydrogen) atoms. The molecule has 7 heteroatoms. The van der Waals surface area contributed by atoms with E-state index in [1.54, 1.807) is 0 Å². The van der Waals surface area contributed by atoms with Gasteiger partial charge < -0.3 is 20.0 Å². The summed E-state index contributed by atoms with van der Waals surface area (Å²) in [7, 11) is 2.17. The number of nitrogens with zero attached hydrogens (tertiary/aromatic N) is 5. The summed E-state index contributed by atoms with van der Waals surface area (Å²) >= 11 is 0. The van der Waals surface area contributed by atoms with E-state index in [-0.39, 0.29) is 11.8 Å². The second kappa shape index (κ2) is 9.19. The average Bonchev–Trinajstić information content (AvgIpc) is 3.34. The maximum Gasteiger partial charge on any atom is 0.245 e. The predicted octanol–water partition coefficient (Wildman–Crippen LogP) is 3.63. The Morgan fingerprint density at radius 1 is 1.09 bits per heavy atom. The van der Waals surface area contributed by atoms with E-state index in [2.05, 4.69) is 64.1 Å². The fourth-order valence-electron chi connectivity index (χ4n) is 4.76. The minimum atomic E-state index is -0.00487. The molecule has 5 rings (SSSR count). The van der Waals surface area contributed by atoms with Gasteiger partial charge in [0.05, 0.1) is 5.52 Å². The van der Waals surface area contributed by atoms with Crippen molar-refractivity contribution in [2.45, 2.75) is 12.3 Å². The molecular formula is C26H30N6O. The lowest BCUT2D eigenvalue weighted by Crippen LogP contribution is -2.44. The molecule has 1 amide bonds. The van der Waals surface area contributed by atoms with Crippen LogP contribution in [0.3, 0.4) is 0 Å². The summed E-state index contributed by atoms with van der Waals surface area (Å²) in [6.07, 6.45) is 4.19. The second-order valence-corrected chi connectivity index (χ2v) is 8.91. The van der Waals surface area contributed by atoms with Crippen LogP contribution in [0.1, 0.15) is 17.9 Å². The van der Waals surface area contributed by atoms with E-state index in [1.807, 2.05) is 23.2 Å². The molecule has 3 aromatic rings. The summed E-state index contributed by atoms with van der Waals surface area (Å²) in [5.41, 5.74) is 4.33. The number of fused-ring (bicyclic) bond motifs is 1. The van der Waals surface area contributed by atoms with Gasteiger partial charge in [0.25, 0.3) is 0 Å². The van der Waals surface area contributed by atoms with Crippen molar-refractivity contribution in [2.24, 2.45) is 0 Å². The Labute approximate surface area is 194 Å². The lowest BCUT2D eigenvalue weighted by Gasteiger charge is -2.34. The van der Waals surface area contributed by atoms with Crippen molar-refractivity contribution in [1.82, 2.24) is 19.8 Å². The Bertz CT molecular complexity index is 1150. The Balaban J connectivity index is 1.34. The summed E-state index contributed by atoms with van der Waals surface area (Å²) < 4.78 is 0. The fraction of sp³-hybridized carbons (Fsp3) is 0.346. The lowest BCUT2D eigenvalue weighted by molar-refractivity contribution is -0.125. The standard InChI is InChI=1S/C26H30N6O/c1-3-24(33)32-12-11-20(18-32)23-6-4-5-19-17-27-26(29-25(19)23)28-21-7-9-22(10-8-21)31-15-13-30(2)14-16-31/h3-10,17,20H,1,11-16,18H2,2H3,(H,27,28,29)/t20-/m0/s1. The summed E-state index contributed by atoms with van der Waals surface area (Å²) in [4.78, 5) is 28.1. The van der Waals surface area contributed by atoms with Gasteiger partial charge in [-0.2, -0.15) is 0 Å². The number of para-hydroxylation sites is 1. The minimum absolute atomic E-state index is 0.00487. The lowest BCUT2D eigenvalue weighted by atomic mass is 9.96. The van der Waals surface area contributed by atoms with Crippen molar-refractivity contribution < 1.29 is 4.79 Å². The second-order valence-electron chi connectivity index (χ2n) is 8.91. The molecule has 0 unspecified atom stereocenters. The van der Waals surface area contributed by atoms with Crippen LogP contribution < -0.4 is 10.2 Å². The van der Waals surface area contributed by atoms with Gasteiger partial charge in [0.1, 0.15) is 0 Å². The van der Waals surface area contributed by atoms with Gasteiger partial charge in [-0.3, -0.25) is 4.79 Å². The number of likely N-dealkylation sites (tertiary alicyclic amines) is 1. The largest absolute Gasteiger partial charge is 0.369 e. The monoisotopic (exact) mass is 442 g/mol. The molecule has 170 valence electrons. The third-order valence-electron chi connectivity index (χ3n) is 6.75. The van der Waals surface area contributed by atoms with Crippen LogP contribution in [0.4, 0.5) is 17.3 Å². The predicted molar refractivity (Wildman–Crippen MR) is 133 cm³/mol. The number of amides is 1. The number of carbonyl (C=O) groups excluding carboxylic acids is 1. The number of hydrogen-bond donors (Lipinski definition) is 1. The number of likely N-dealkylation sites (N-methyl/N-ethyl adjacent to an activating group) is 1. The molecule has 0 radical (unpaired) electrons. The van der Waals surface area contributed by atoms with Gasteiger partial charge in [-0.25, -0.2) is 9.97 Å².